The molecule has 1 amide bonds. The van der Waals surface area contributed by atoms with Crippen molar-refractivity contribution in [3.63, 3.8) is 0 Å². The molecule has 1 fully saturated rings. The molecule has 116 valence electrons. The quantitative estimate of drug-likeness (QED) is 0.761. The van der Waals surface area contributed by atoms with Crippen molar-refractivity contribution >= 4 is 23.5 Å². The van der Waals surface area contributed by atoms with Gasteiger partial charge in [-0.05, 0) is 12.2 Å². The van der Waals surface area contributed by atoms with E-state index in [1.807, 2.05) is 31.9 Å². The van der Waals surface area contributed by atoms with Gasteiger partial charge < -0.3 is 23.8 Å². The summed E-state index contributed by atoms with van der Waals surface area (Å²) < 4.78 is 12.9. The molecule has 0 unspecified atom stereocenters. The maximum absolute atomic E-state index is 11.6. The summed E-state index contributed by atoms with van der Waals surface area (Å²) >= 11 is 5.22. The van der Waals surface area contributed by atoms with Gasteiger partial charge in [0.2, 0.25) is 0 Å². The second-order valence-corrected chi connectivity index (χ2v) is 5.58. The monoisotopic (exact) mass is 312 g/mol. The van der Waals surface area contributed by atoms with Gasteiger partial charge in [-0.2, -0.15) is 0 Å². The van der Waals surface area contributed by atoms with Gasteiger partial charge in [-0.3, -0.25) is 0 Å². The zero-order valence-corrected chi connectivity index (χ0v) is 13.5. The van der Waals surface area contributed by atoms with Crippen LogP contribution in [0.25, 0.3) is 0 Å². The number of aryl methyl sites for hydroxylation is 1. The Hall–Kier alpha value is -1.83. The number of hydrogen-bond donors (Lipinski definition) is 0. The number of hydrogen-bond acceptors (Lipinski definition) is 5. The second-order valence-electron chi connectivity index (χ2n) is 5.23. The molecule has 1 aliphatic heterocycles. The van der Waals surface area contributed by atoms with Crippen molar-refractivity contribution in [3.05, 3.63) is 18.2 Å². The molecular weight excluding hydrogens is 292 g/mol. The van der Waals surface area contributed by atoms with Crippen LogP contribution in [0.2, 0.25) is 0 Å². The van der Waals surface area contributed by atoms with Crippen LogP contribution in [0.4, 0.5) is 4.79 Å². The van der Waals surface area contributed by atoms with Gasteiger partial charge >= 0.3 is 6.09 Å². The lowest BCUT2D eigenvalue weighted by Gasteiger charge is -2.28. The molecule has 8 heteroatoms. The van der Waals surface area contributed by atoms with E-state index in [2.05, 4.69) is 4.98 Å². The van der Waals surface area contributed by atoms with E-state index in [9.17, 15) is 4.79 Å². The van der Waals surface area contributed by atoms with E-state index in [0.717, 1.165) is 5.82 Å². The molecule has 0 bridgehead atoms. The molecule has 7 nitrogen and oxygen atoms in total. The highest BCUT2D eigenvalue weighted by Crippen LogP contribution is 2.19. The summed E-state index contributed by atoms with van der Waals surface area (Å²) in [4.78, 5) is 19.1. The SMILES string of the molecule is CN(C)C(=S)O[C@H](Cc1nccn1C)[C@@H]1COC(=O)N1C. The lowest BCUT2D eigenvalue weighted by molar-refractivity contribution is 0.0935. The third-order valence-electron chi connectivity index (χ3n) is 3.51. The van der Waals surface area contributed by atoms with Crippen molar-refractivity contribution in [2.75, 3.05) is 27.7 Å². The van der Waals surface area contributed by atoms with Crippen LogP contribution < -0.4 is 0 Å². The fraction of sp³-hybridized carbons (Fsp3) is 0.615. The molecule has 1 aromatic heterocycles. The number of rotatable bonds is 4. The van der Waals surface area contributed by atoms with Gasteiger partial charge in [-0.15, -0.1) is 0 Å². The Morgan fingerprint density at radius 1 is 1.62 bits per heavy atom. The van der Waals surface area contributed by atoms with Gasteiger partial charge in [0.05, 0.1) is 0 Å². The van der Waals surface area contributed by atoms with E-state index in [1.165, 1.54) is 0 Å². The first-order chi connectivity index (χ1) is 9.90. The van der Waals surface area contributed by atoms with Crippen LogP contribution in [0.15, 0.2) is 12.4 Å². The van der Waals surface area contributed by atoms with Gasteiger partial charge in [0.1, 0.15) is 24.6 Å². The van der Waals surface area contributed by atoms with E-state index in [-0.39, 0.29) is 18.2 Å². The zero-order valence-electron chi connectivity index (χ0n) is 12.6. The van der Waals surface area contributed by atoms with E-state index in [0.29, 0.717) is 18.2 Å². The minimum atomic E-state index is -0.343. The number of cyclic esters (lactones) is 1. The number of imidazole rings is 1. The number of carbonyl (C=O) groups is 1. The van der Waals surface area contributed by atoms with Crippen molar-refractivity contribution in [1.82, 2.24) is 19.4 Å². The number of thiocarbonyl (C=S) groups is 1. The molecule has 2 heterocycles. The molecule has 1 aromatic rings. The summed E-state index contributed by atoms with van der Waals surface area (Å²) in [7, 11) is 7.26. The summed E-state index contributed by atoms with van der Waals surface area (Å²) in [6.07, 6.45) is 3.50. The predicted molar refractivity (Wildman–Crippen MR) is 81.0 cm³/mol. The average molecular weight is 312 g/mol. The number of amides is 1. The average Bonchev–Trinajstić information content (AvgIpc) is 2.97. The van der Waals surface area contributed by atoms with Crippen LogP contribution in [0.5, 0.6) is 0 Å². The molecule has 0 spiro atoms. The Balaban J connectivity index is 2.16. The summed E-state index contributed by atoms with van der Waals surface area (Å²) in [5, 5.41) is 0.377. The van der Waals surface area contributed by atoms with Gasteiger partial charge in [-0.1, -0.05) is 0 Å². The smallest absolute Gasteiger partial charge is 0.410 e. The first-order valence-electron chi connectivity index (χ1n) is 6.64. The highest BCUT2D eigenvalue weighted by molar-refractivity contribution is 7.80. The topological polar surface area (TPSA) is 59.8 Å². The molecule has 2 rings (SSSR count). The normalized spacial score (nSPS) is 19.3. The molecule has 1 saturated heterocycles. The van der Waals surface area contributed by atoms with E-state index < -0.39 is 0 Å². The van der Waals surface area contributed by atoms with E-state index in [4.69, 9.17) is 21.7 Å². The number of carbonyl (C=O) groups excluding carboxylic acids is 1. The summed E-state index contributed by atoms with van der Waals surface area (Å²) in [5.41, 5.74) is 0. The standard InChI is InChI=1S/C13H20N4O3S/c1-15(2)13(21)20-10(7-11-14-5-6-16(11)3)9-8-19-12(18)17(9)4/h5-6,9-10H,7-8H2,1-4H3/t9-,10+/m0/s1. The number of aromatic nitrogens is 2. The number of ether oxygens (including phenoxy) is 2. The third kappa shape index (κ3) is 3.44. The van der Waals surface area contributed by atoms with Crippen molar-refractivity contribution in [2.45, 2.75) is 18.6 Å². The third-order valence-corrected chi connectivity index (χ3v) is 3.98. The van der Waals surface area contributed by atoms with Crippen LogP contribution in [0, 0.1) is 0 Å². The Morgan fingerprint density at radius 2 is 2.33 bits per heavy atom. The largest absolute Gasteiger partial charge is 0.465 e. The summed E-state index contributed by atoms with van der Waals surface area (Å²) in [6.45, 7) is 0.292. The maximum atomic E-state index is 11.6. The lowest BCUT2D eigenvalue weighted by atomic mass is 10.1. The molecule has 0 aromatic carbocycles. The summed E-state index contributed by atoms with van der Waals surface area (Å²) in [5.74, 6) is 0.870. The van der Waals surface area contributed by atoms with Gasteiger partial charge in [0.15, 0.2) is 0 Å². The minimum Gasteiger partial charge on any atom is -0.465 e. The van der Waals surface area contributed by atoms with Gasteiger partial charge in [-0.25, -0.2) is 9.78 Å². The van der Waals surface area contributed by atoms with Crippen LogP contribution in [-0.4, -0.2) is 70.5 Å². The molecule has 0 radical (unpaired) electrons. The Labute approximate surface area is 129 Å². The van der Waals surface area contributed by atoms with Crippen LogP contribution >= 0.6 is 12.2 Å². The predicted octanol–water partition coefficient (Wildman–Crippen LogP) is 0.645. The Bertz CT molecular complexity index is 531. The first kappa shape index (κ1) is 15.6. The Kier molecular flexibility index (Phi) is 4.66. The number of likely N-dealkylation sites (N-methyl/N-ethyl adjacent to an activating group) is 1. The second kappa shape index (κ2) is 6.30. The van der Waals surface area contributed by atoms with E-state index >= 15 is 0 Å². The molecule has 1 aliphatic rings. The van der Waals surface area contributed by atoms with Gasteiger partial charge in [0, 0.05) is 47.0 Å². The van der Waals surface area contributed by atoms with E-state index in [1.54, 1.807) is 23.0 Å². The zero-order chi connectivity index (χ0) is 15.6. The van der Waals surface area contributed by atoms with Crippen molar-refractivity contribution in [1.29, 1.82) is 0 Å². The van der Waals surface area contributed by atoms with Crippen LogP contribution in [0.3, 0.4) is 0 Å². The van der Waals surface area contributed by atoms with Crippen molar-refractivity contribution < 1.29 is 14.3 Å². The molecule has 0 aliphatic carbocycles. The van der Waals surface area contributed by atoms with Crippen molar-refractivity contribution in [3.8, 4) is 0 Å². The summed E-state index contributed by atoms with van der Waals surface area (Å²) in [6, 6.07) is -0.188. The molecule has 2 atom stereocenters. The highest BCUT2D eigenvalue weighted by atomic mass is 32.1. The lowest BCUT2D eigenvalue weighted by Crippen LogP contribution is -2.45. The molecular formula is C13H20N4O3S. The Morgan fingerprint density at radius 3 is 2.81 bits per heavy atom. The number of nitrogens with zero attached hydrogens (tertiary/aromatic N) is 4. The fourth-order valence-corrected chi connectivity index (χ4v) is 2.25. The highest BCUT2D eigenvalue weighted by Gasteiger charge is 2.38. The minimum absolute atomic E-state index is 0.188. The van der Waals surface area contributed by atoms with Gasteiger partial charge in [0.25, 0.3) is 5.17 Å². The first-order valence-corrected chi connectivity index (χ1v) is 7.04. The molecule has 0 saturated carbocycles. The maximum Gasteiger partial charge on any atom is 0.410 e. The fourth-order valence-electron chi connectivity index (χ4n) is 2.13. The molecule has 0 N–H and O–H groups in total. The molecule has 21 heavy (non-hydrogen) atoms. The van der Waals surface area contributed by atoms with Crippen LogP contribution in [0.1, 0.15) is 5.82 Å². The van der Waals surface area contributed by atoms with Crippen molar-refractivity contribution in [2.24, 2.45) is 7.05 Å². The van der Waals surface area contributed by atoms with Crippen LogP contribution in [-0.2, 0) is 22.9 Å².